The van der Waals surface area contributed by atoms with Gasteiger partial charge in [-0.2, -0.15) is 0 Å². The second kappa shape index (κ2) is 5.87. The van der Waals surface area contributed by atoms with Gasteiger partial charge in [0, 0.05) is 32.2 Å². The Bertz CT molecular complexity index is 489. The SMILES string of the molecule is CC1CCCCN1C1CN(C(=O)CN2C(=O)CN(C)C2=O)C1. The fraction of sp³-hybridized carbons (Fsp3) is 0.800. The Morgan fingerprint density at radius 3 is 2.55 bits per heavy atom. The molecule has 1 atom stereocenters. The number of hydrogen-bond acceptors (Lipinski definition) is 4. The van der Waals surface area contributed by atoms with Crippen LogP contribution in [0.5, 0.6) is 0 Å². The third-order valence-corrected chi connectivity index (χ3v) is 5.06. The third kappa shape index (κ3) is 2.69. The average molecular weight is 308 g/mol. The second-order valence-electron chi connectivity index (χ2n) is 6.65. The van der Waals surface area contributed by atoms with Crippen molar-refractivity contribution in [2.45, 2.75) is 38.3 Å². The standard InChI is InChI=1S/C15H24N4O3/c1-11-5-3-4-6-18(11)12-7-17(8-12)13(20)10-19-14(21)9-16(2)15(19)22/h11-12H,3-10H2,1-2H3. The van der Waals surface area contributed by atoms with E-state index in [1.807, 2.05) is 0 Å². The van der Waals surface area contributed by atoms with E-state index in [1.54, 1.807) is 11.9 Å². The molecular weight excluding hydrogens is 284 g/mol. The van der Waals surface area contributed by atoms with Gasteiger partial charge in [-0.05, 0) is 26.3 Å². The van der Waals surface area contributed by atoms with Crippen molar-refractivity contribution in [3.63, 3.8) is 0 Å². The average Bonchev–Trinajstić information content (AvgIpc) is 2.66. The molecule has 0 bridgehead atoms. The summed E-state index contributed by atoms with van der Waals surface area (Å²) in [6.07, 6.45) is 3.76. The Hall–Kier alpha value is -1.63. The molecule has 1 unspecified atom stereocenters. The molecule has 122 valence electrons. The van der Waals surface area contributed by atoms with Crippen molar-refractivity contribution in [1.82, 2.24) is 19.6 Å². The minimum atomic E-state index is -0.375. The van der Waals surface area contributed by atoms with Gasteiger partial charge in [0.15, 0.2) is 0 Å². The fourth-order valence-corrected chi connectivity index (χ4v) is 3.59. The zero-order valence-electron chi connectivity index (χ0n) is 13.3. The molecule has 7 nitrogen and oxygen atoms in total. The van der Waals surface area contributed by atoms with E-state index in [0.717, 1.165) is 24.5 Å². The van der Waals surface area contributed by atoms with E-state index in [0.29, 0.717) is 12.1 Å². The number of imide groups is 1. The van der Waals surface area contributed by atoms with E-state index in [-0.39, 0.29) is 30.9 Å². The lowest BCUT2D eigenvalue weighted by molar-refractivity contribution is -0.143. The van der Waals surface area contributed by atoms with Gasteiger partial charge in [-0.1, -0.05) is 6.42 Å². The maximum absolute atomic E-state index is 12.2. The molecule has 3 saturated heterocycles. The predicted octanol–water partition coefficient (Wildman–Crippen LogP) is -0.0344. The van der Waals surface area contributed by atoms with Crippen LogP contribution in [0.2, 0.25) is 0 Å². The third-order valence-electron chi connectivity index (χ3n) is 5.06. The first-order chi connectivity index (χ1) is 10.5. The molecule has 3 rings (SSSR count). The molecule has 4 amide bonds. The number of nitrogens with zero attached hydrogens (tertiary/aromatic N) is 4. The number of hydrogen-bond donors (Lipinski definition) is 0. The molecule has 22 heavy (non-hydrogen) atoms. The molecular formula is C15H24N4O3. The Labute approximate surface area is 130 Å². The van der Waals surface area contributed by atoms with Crippen LogP contribution in [0.15, 0.2) is 0 Å². The van der Waals surface area contributed by atoms with Gasteiger partial charge in [0.05, 0.1) is 0 Å². The van der Waals surface area contributed by atoms with Crippen molar-refractivity contribution in [3.05, 3.63) is 0 Å². The summed E-state index contributed by atoms with van der Waals surface area (Å²) < 4.78 is 0. The summed E-state index contributed by atoms with van der Waals surface area (Å²) in [6, 6.07) is 0.651. The molecule has 0 spiro atoms. The molecule has 7 heteroatoms. The molecule has 0 saturated carbocycles. The molecule has 3 fully saturated rings. The highest BCUT2D eigenvalue weighted by molar-refractivity contribution is 6.04. The second-order valence-corrected chi connectivity index (χ2v) is 6.65. The lowest BCUT2D eigenvalue weighted by Gasteiger charge is -2.49. The van der Waals surface area contributed by atoms with Crippen molar-refractivity contribution in [1.29, 1.82) is 0 Å². The Balaban J connectivity index is 1.49. The largest absolute Gasteiger partial charge is 0.338 e. The zero-order chi connectivity index (χ0) is 15.9. The number of piperidine rings is 1. The Morgan fingerprint density at radius 1 is 1.23 bits per heavy atom. The quantitative estimate of drug-likeness (QED) is 0.687. The summed E-state index contributed by atoms with van der Waals surface area (Å²) >= 11 is 0. The van der Waals surface area contributed by atoms with Crippen LogP contribution >= 0.6 is 0 Å². The Kier molecular flexibility index (Phi) is 4.08. The normalized spacial score (nSPS) is 27.5. The van der Waals surface area contributed by atoms with Crippen LogP contribution in [-0.4, -0.2) is 89.3 Å². The van der Waals surface area contributed by atoms with Crippen molar-refractivity contribution in [3.8, 4) is 0 Å². The first-order valence-electron chi connectivity index (χ1n) is 8.06. The minimum absolute atomic E-state index is 0.0695. The van der Waals surface area contributed by atoms with Crippen LogP contribution in [0.4, 0.5) is 4.79 Å². The van der Waals surface area contributed by atoms with E-state index < -0.39 is 0 Å². The summed E-state index contributed by atoms with van der Waals surface area (Å²) in [7, 11) is 1.57. The van der Waals surface area contributed by atoms with Crippen LogP contribution in [0, 0.1) is 0 Å². The van der Waals surface area contributed by atoms with Crippen molar-refractivity contribution >= 4 is 17.8 Å². The van der Waals surface area contributed by atoms with Crippen LogP contribution in [0.1, 0.15) is 26.2 Å². The number of amides is 4. The smallest absolute Gasteiger partial charge is 0.327 e. The maximum Gasteiger partial charge on any atom is 0.327 e. The van der Waals surface area contributed by atoms with Crippen LogP contribution in [0.25, 0.3) is 0 Å². The minimum Gasteiger partial charge on any atom is -0.338 e. The van der Waals surface area contributed by atoms with Gasteiger partial charge >= 0.3 is 6.03 Å². The van der Waals surface area contributed by atoms with E-state index in [2.05, 4.69) is 11.8 Å². The molecule has 3 aliphatic rings. The van der Waals surface area contributed by atoms with Crippen LogP contribution in [-0.2, 0) is 9.59 Å². The Morgan fingerprint density at radius 2 is 1.95 bits per heavy atom. The first-order valence-corrected chi connectivity index (χ1v) is 8.06. The first kappa shape index (κ1) is 15.3. The molecule has 0 N–H and O–H groups in total. The molecule has 0 aromatic rings. The molecule has 3 heterocycles. The molecule has 0 aromatic carbocycles. The number of urea groups is 1. The van der Waals surface area contributed by atoms with E-state index in [9.17, 15) is 14.4 Å². The van der Waals surface area contributed by atoms with Crippen molar-refractivity contribution in [2.24, 2.45) is 0 Å². The molecule has 0 aromatic heterocycles. The van der Waals surface area contributed by atoms with Gasteiger partial charge in [-0.3, -0.25) is 19.4 Å². The summed E-state index contributed by atoms with van der Waals surface area (Å²) in [5.41, 5.74) is 0. The maximum atomic E-state index is 12.2. The molecule has 0 aliphatic carbocycles. The number of rotatable bonds is 3. The van der Waals surface area contributed by atoms with Gasteiger partial charge in [0.25, 0.3) is 5.91 Å². The summed E-state index contributed by atoms with van der Waals surface area (Å²) in [5, 5.41) is 0. The van der Waals surface area contributed by atoms with Gasteiger partial charge in [-0.25, -0.2) is 4.79 Å². The lowest BCUT2D eigenvalue weighted by atomic mass is 9.97. The lowest BCUT2D eigenvalue weighted by Crippen LogP contribution is -2.64. The fourth-order valence-electron chi connectivity index (χ4n) is 3.59. The highest BCUT2D eigenvalue weighted by Gasteiger charge is 2.40. The van der Waals surface area contributed by atoms with Gasteiger partial charge in [0.2, 0.25) is 5.91 Å². The van der Waals surface area contributed by atoms with Crippen molar-refractivity contribution < 1.29 is 14.4 Å². The molecule has 3 aliphatic heterocycles. The highest BCUT2D eigenvalue weighted by Crippen LogP contribution is 2.24. The molecule has 0 radical (unpaired) electrons. The topological polar surface area (TPSA) is 64.2 Å². The number of likely N-dealkylation sites (tertiary alicyclic amines) is 2. The van der Waals surface area contributed by atoms with Crippen molar-refractivity contribution in [2.75, 3.05) is 39.8 Å². The van der Waals surface area contributed by atoms with Crippen LogP contribution in [0.3, 0.4) is 0 Å². The number of carbonyl (C=O) groups is 3. The van der Waals surface area contributed by atoms with E-state index in [1.165, 1.54) is 24.2 Å². The monoisotopic (exact) mass is 308 g/mol. The van der Waals surface area contributed by atoms with E-state index >= 15 is 0 Å². The highest BCUT2D eigenvalue weighted by atomic mass is 16.2. The number of likely N-dealkylation sites (N-methyl/N-ethyl adjacent to an activating group) is 1. The summed E-state index contributed by atoms with van der Waals surface area (Å²) in [6.45, 7) is 4.75. The van der Waals surface area contributed by atoms with Gasteiger partial charge in [0.1, 0.15) is 13.1 Å². The number of carbonyl (C=O) groups excluding carboxylic acids is 3. The predicted molar refractivity (Wildman–Crippen MR) is 80.1 cm³/mol. The van der Waals surface area contributed by atoms with Crippen LogP contribution < -0.4 is 0 Å². The summed E-state index contributed by atoms with van der Waals surface area (Å²) in [5.74, 6) is -0.416. The van der Waals surface area contributed by atoms with E-state index in [4.69, 9.17) is 0 Å². The summed E-state index contributed by atoms with van der Waals surface area (Å²) in [4.78, 5) is 42.4. The van der Waals surface area contributed by atoms with Gasteiger partial charge < -0.3 is 9.80 Å². The zero-order valence-corrected chi connectivity index (χ0v) is 13.3. The van der Waals surface area contributed by atoms with Gasteiger partial charge in [-0.15, -0.1) is 0 Å².